The molecular formula is C40H53N6O8PS. The number of thiazole rings is 1. The van der Waals surface area contributed by atoms with Crippen molar-refractivity contribution in [3.05, 3.63) is 54.7 Å². The third kappa shape index (κ3) is 8.59. The molecule has 56 heavy (non-hydrogen) atoms. The number of carbonyl (C=O) groups is 3. The number of ether oxygens (including phenoxy) is 3. The molecule has 3 amide bonds. The van der Waals surface area contributed by atoms with Crippen molar-refractivity contribution in [2.75, 3.05) is 19.0 Å². The summed E-state index contributed by atoms with van der Waals surface area (Å²) in [6, 6.07) is 5.23. The third-order valence-electron chi connectivity index (χ3n) is 10.7. The molecule has 3 aromatic rings. The highest BCUT2D eigenvalue weighted by Crippen LogP contribution is 2.70. The predicted molar refractivity (Wildman–Crippen MR) is 217 cm³/mol. The zero-order chi connectivity index (χ0) is 40.6. The van der Waals surface area contributed by atoms with Crippen molar-refractivity contribution >= 4 is 52.6 Å². The fraction of sp³-hybridized carbons (Fsp3) is 0.525. The van der Waals surface area contributed by atoms with Gasteiger partial charge in [-0.1, -0.05) is 33.4 Å². The minimum Gasteiger partial charge on any atom is -0.497 e. The number of nitrogens with one attached hydrogen (secondary N) is 3. The van der Waals surface area contributed by atoms with E-state index in [-0.39, 0.29) is 31.5 Å². The van der Waals surface area contributed by atoms with Crippen LogP contribution in [-0.2, 0) is 18.9 Å². The highest BCUT2D eigenvalue weighted by Gasteiger charge is 2.65. The standard InChI is InChI=1S/C40H53N6O8PS/c1-9-24-20-40(24,55(50,51)10-2)45-35(47)32-18-27(21-46(32)36(48)34(39(5,6)7)44-38(49)54-25-13-11-12-14-25)53-33-19-30(31-22-56-37(43-31)41-23(3)4)42-29-17-26(52-8)15-16-28(29)33/h9-10,15-17,19,22-25,27,32,34H,1-2,11-14,18,20-21H2,3-8H3,(H,41,43)(H,44,49)(H,45,47)(H,50,51)/t24-,27-,32+,34?,40+/m1/s1. The van der Waals surface area contributed by atoms with E-state index in [1.165, 1.54) is 22.3 Å². The Morgan fingerprint density at radius 2 is 1.84 bits per heavy atom. The molecule has 0 radical (unpaired) electrons. The largest absolute Gasteiger partial charge is 0.497 e. The second-order valence-corrected chi connectivity index (χ2v) is 19.5. The minimum atomic E-state index is -4.07. The molecule has 1 aromatic carbocycles. The number of methoxy groups -OCH3 is 1. The Balaban J connectivity index is 1.34. The van der Waals surface area contributed by atoms with Crippen molar-refractivity contribution < 1.29 is 38.1 Å². The van der Waals surface area contributed by atoms with Gasteiger partial charge in [0.2, 0.25) is 19.2 Å². The molecule has 16 heteroatoms. The fourth-order valence-corrected chi connectivity index (χ4v) is 10.0. The second-order valence-electron chi connectivity index (χ2n) is 16.2. The van der Waals surface area contributed by atoms with Gasteiger partial charge in [-0.15, -0.1) is 17.9 Å². The van der Waals surface area contributed by atoms with Crippen LogP contribution in [0.25, 0.3) is 22.3 Å². The first-order valence-electron chi connectivity index (χ1n) is 19.0. The number of likely N-dealkylation sites (tertiary alicyclic amines) is 1. The van der Waals surface area contributed by atoms with Crippen molar-refractivity contribution in [1.29, 1.82) is 0 Å². The Morgan fingerprint density at radius 1 is 1.11 bits per heavy atom. The van der Waals surface area contributed by atoms with Crippen LogP contribution in [0.2, 0.25) is 0 Å². The van der Waals surface area contributed by atoms with E-state index in [1.807, 2.05) is 46.1 Å². The van der Waals surface area contributed by atoms with E-state index in [2.05, 4.69) is 29.1 Å². The summed E-state index contributed by atoms with van der Waals surface area (Å²) in [6.45, 7) is 16.9. The summed E-state index contributed by atoms with van der Waals surface area (Å²) in [7, 11) is -2.50. The van der Waals surface area contributed by atoms with E-state index in [9.17, 15) is 23.8 Å². The topological polar surface area (TPSA) is 181 Å². The number of pyridine rings is 1. The number of nitrogens with zero attached hydrogens (tertiary/aromatic N) is 3. The molecule has 2 unspecified atom stereocenters. The number of anilines is 1. The maximum Gasteiger partial charge on any atom is 0.408 e. The molecular weight excluding hydrogens is 756 g/mol. The molecule has 1 aliphatic heterocycles. The molecule has 14 nitrogen and oxygen atoms in total. The van der Waals surface area contributed by atoms with Crippen LogP contribution in [0.15, 0.2) is 54.7 Å². The van der Waals surface area contributed by atoms with Crippen molar-refractivity contribution in [2.45, 2.75) is 109 Å². The summed E-state index contributed by atoms with van der Waals surface area (Å²) >= 11 is 1.46. The van der Waals surface area contributed by atoms with E-state index >= 15 is 0 Å². The van der Waals surface area contributed by atoms with E-state index in [1.54, 1.807) is 25.3 Å². The summed E-state index contributed by atoms with van der Waals surface area (Å²) in [5, 5.41) is 10.8. The number of amides is 3. The summed E-state index contributed by atoms with van der Waals surface area (Å²) < 4.78 is 31.3. The van der Waals surface area contributed by atoms with Crippen LogP contribution in [-0.4, -0.2) is 86.9 Å². The molecule has 3 fully saturated rings. The van der Waals surface area contributed by atoms with Crippen molar-refractivity contribution in [1.82, 2.24) is 25.5 Å². The lowest BCUT2D eigenvalue weighted by Crippen LogP contribution is -2.58. The summed E-state index contributed by atoms with van der Waals surface area (Å²) in [5.41, 5.74) is 1.00. The lowest BCUT2D eigenvalue weighted by atomic mass is 9.85. The predicted octanol–water partition coefficient (Wildman–Crippen LogP) is 7.05. The lowest BCUT2D eigenvalue weighted by molar-refractivity contribution is -0.142. The van der Waals surface area contributed by atoms with E-state index < -0.39 is 60.1 Å². The molecule has 4 N–H and O–H groups in total. The monoisotopic (exact) mass is 808 g/mol. The van der Waals surface area contributed by atoms with Crippen LogP contribution in [0.5, 0.6) is 11.5 Å². The van der Waals surface area contributed by atoms with Gasteiger partial charge >= 0.3 is 6.09 Å². The Labute approximate surface area is 331 Å². The zero-order valence-electron chi connectivity index (χ0n) is 32.9. The SMILES string of the molecule is C=C[C@@H]1C[C@]1(NC(=O)[C@@H]1C[C@@H](Oc2cc(-c3csc(NC(C)C)n3)nc3cc(OC)ccc23)CN1C(=O)C(NC(=O)OC1CCCC1)C(C)(C)C)P(=O)(O)C=C. The minimum absolute atomic E-state index is 0.0204. The van der Waals surface area contributed by atoms with Gasteiger partial charge in [-0.3, -0.25) is 14.2 Å². The number of hydrogen-bond donors (Lipinski definition) is 4. The molecule has 6 atom stereocenters. The normalized spacial score (nSPS) is 23.9. The van der Waals surface area contributed by atoms with Gasteiger partial charge in [-0.25, -0.2) is 14.8 Å². The van der Waals surface area contributed by atoms with Crippen LogP contribution < -0.4 is 25.4 Å². The van der Waals surface area contributed by atoms with Gasteiger partial charge < -0.3 is 40.0 Å². The highest BCUT2D eigenvalue weighted by molar-refractivity contribution is 7.63. The Bertz CT molecular complexity index is 2040. The van der Waals surface area contributed by atoms with Crippen molar-refractivity contribution in [3.8, 4) is 22.9 Å². The van der Waals surface area contributed by atoms with Gasteiger partial charge in [0, 0.05) is 41.3 Å². The zero-order valence-corrected chi connectivity index (χ0v) is 34.6. The second kappa shape index (κ2) is 16.2. The third-order valence-corrected chi connectivity index (χ3v) is 13.7. The molecule has 302 valence electrons. The smallest absolute Gasteiger partial charge is 0.408 e. The Morgan fingerprint density at radius 3 is 2.46 bits per heavy atom. The lowest BCUT2D eigenvalue weighted by Gasteiger charge is -2.35. The highest BCUT2D eigenvalue weighted by atomic mass is 32.1. The number of carbonyl (C=O) groups excluding carboxylic acids is 3. The van der Waals surface area contributed by atoms with E-state index in [0.29, 0.717) is 33.8 Å². The first-order valence-corrected chi connectivity index (χ1v) is 21.7. The number of benzene rings is 1. The first kappa shape index (κ1) is 41.2. The average molecular weight is 809 g/mol. The summed E-state index contributed by atoms with van der Waals surface area (Å²) in [6.07, 6.45) is 3.62. The van der Waals surface area contributed by atoms with Crippen LogP contribution in [0.1, 0.15) is 73.1 Å². The average Bonchev–Trinajstić information content (AvgIpc) is 3.55. The number of fused-ring (bicyclic) bond motifs is 1. The molecule has 2 aliphatic carbocycles. The van der Waals surface area contributed by atoms with Gasteiger partial charge in [0.05, 0.1) is 24.9 Å². The molecule has 0 bridgehead atoms. The molecule has 2 saturated carbocycles. The van der Waals surface area contributed by atoms with Gasteiger partial charge in [-0.2, -0.15) is 0 Å². The van der Waals surface area contributed by atoms with Crippen LogP contribution in [0.3, 0.4) is 0 Å². The van der Waals surface area contributed by atoms with Crippen molar-refractivity contribution in [3.63, 3.8) is 0 Å². The number of hydrogen-bond acceptors (Lipinski definition) is 11. The number of alkyl carbamates (subject to hydrolysis) is 1. The van der Waals surface area contributed by atoms with Gasteiger partial charge in [0.1, 0.15) is 46.8 Å². The Hall–Kier alpha value is -4.46. The van der Waals surface area contributed by atoms with E-state index in [4.69, 9.17) is 24.2 Å². The molecule has 1 saturated heterocycles. The molecule has 3 heterocycles. The quantitative estimate of drug-likeness (QED) is 0.0968. The van der Waals surface area contributed by atoms with E-state index in [0.717, 1.165) is 36.6 Å². The molecule has 0 spiro atoms. The summed E-state index contributed by atoms with van der Waals surface area (Å²) in [4.78, 5) is 64.2. The number of rotatable bonds is 14. The molecule has 6 rings (SSSR count). The molecule has 2 aromatic heterocycles. The maximum absolute atomic E-state index is 14.7. The van der Waals surface area contributed by atoms with Crippen LogP contribution in [0, 0.1) is 11.3 Å². The Kier molecular flexibility index (Phi) is 11.9. The first-order chi connectivity index (χ1) is 26.5. The summed E-state index contributed by atoms with van der Waals surface area (Å²) in [5.74, 6) is 0.436. The van der Waals surface area contributed by atoms with Crippen LogP contribution >= 0.6 is 18.7 Å². The van der Waals surface area contributed by atoms with Crippen LogP contribution in [0.4, 0.5) is 9.93 Å². The molecule has 3 aliphatic rings. The van der Waals surface area contributed by atoms with Gasteiger partial charge in [0.25, 0.3) is 0 Å². The van der Waals surface area contributed by atoms with Gasteiger partial charge in [-0.05, 0) is 69.3 Å². The van der Waals surface area contributed by atoms with Gasteiger partial charge in [0.15, 0.2) is 5.13 Å². The number of aromatic nitrogens is 2. The van der Waals surface area contributed by atoms with Crippen molar-refractivity contribution in [2.24, 2.45) is 11.3 Å². The fourth-order valence-electron chi connectivity index (χ4n) is 7.52. The maximum atomic E-state index is 14.7.